The summed E-state index contributed by atoms with van der Waals surface area (Å²) in [6.07, 6.45) is 4.04. The second-order valence-corrected chi connectivity index (χ2v) is 5.29. The van der Waals surface area contributed by atoms with E-state index in [9.17, 15) is 9.59 Å². The van der Waals surface area contributed by atoms with Crippen molar-refractivity contribution in [2.24, 2.45) is 11.1 Å². The van der Waals surface area contributed by atoms with E-state index in [1.165, 1.54) is 0 Å². The molecule has 1 aliphatic rings. The molecular weight excluding hydrogens is 242 g/mol. The highest BCUT2D eigenvalue weighted by atomic mass is 16.2. The molecule has 0 aliphatic carbocycles. The highest BCUT2D eigenvalue weighted by Gasteiger charge is 2.33. The Bertz CT molecular complexity index is 300. The van der Waals surface area contributed by atoms with Crippen molar-refractivity contribution in [1.29, 1.82) is 0 Å². The molecule has 5 nitrogen and oxygen atoms in total. The SMILES string of the molecule is CCC(CC)(CN)C(=O)NCCC(=O)N1CCCC1. The summed E-state index contributed by atoms with van der Waals surface area (Å²) in [7, 11) is 0. The van der Waals surface area contributed by atoms with Crippen LogP contribution in [0.1, 0.15) is 46.0 Å². The molecule has 0 radical (unpaired) electrons. The third-order valence-electron chi connectivity index (χ3n) is 4.31. The lowest BCUT2D eigenvalue weighted by Crippen LogP contribution is -2.46. The molecule has 0 bridgehead atoms. The molecule has 0 spiro atoms. The maximum Gasteiger partial charge on any atom is 0.227 e. The molecule has 0 unspecified atom stereocenters. The summed E-state index contributed by atoms with van der Waals surface area (Å²) in [5.41, 5.74) is 5.25. The average Bonchev–Trinajstić information content (AvgIpc) is 2.95. The Labute approximate surface area is 115 Å². The number of carbonyl (C=O) groups excluding carboxylic acids is 2. The van der Waals surface area contributed by atoms with Gasteiger partial charge in [-0.3, -0.25) is 9.59 Å². The van der Waals surface area contributed by atoms with Crippen LogP contribution in [-0.2, 0) is 9.59 Å². The van der Waals surface area contributed by atoms with Gasteiger partial charge < -0.3 is 16.0 Å². The topological polar surface area (TPSA) is 75.4 Å². The largest absolute Gasteiger partial charge is 0.355 e. The molecule has 0 aromatic heterocycles. The number of hydrogen-bond acceptors (Lipinski definition) is 3. The predicted octanol–water partition coefficient (Wildman–Crippen LogP) is 0.880. The van der Waals surface area contributed by atoms with E-state index in [4.69, 9.17) is 5.73 Å². The number of nitrogens with zero attached hydrogens (tertiary/aromatic N) is 1. The van der Waals surface area contributed by atoms with E-state index < -0.39 is 5.41 Å². The number of carbonyl (C=O) groups is 2. The van der Waals surface area contributed by atoms with Gasteiger partial charge in [-0.15, -0.1) is 0 Å². The normalized spacial score (nSPS) is 15.6. The summed E-state index contributed by atoms with van der Waals surface area (Å²) >= 11 is 0. The highest BCUT2D eigenvalue weighted by Crippen LogP contribution is 2.24. The van der Waals surface area contributed by atoms with Gasteiger partial charge in [0.2, 0.25) is 11.8 Å². The van der Waals surface area contributed by atoms with Crippen molar-refractivity contribution in [1.82, 2.24) is 10.2 Å². The third kappa shape index (κ3) is 3.93. The second kappa shape index (κ2) is 7.48. The van der Waals surface area contributed by atoms with E-state index in [0.717, 1.165) is 38.8 Å². The highest BCUT2D eigenvalue weighted by molar-refractivity contribution is 5.83. The third-order valence-corrected chi connectivity index (χ3v) is 4.31. The first-order valence-electron chi connectivity index (χ1n) is 7.35. The quantitative estimate of drug-likeness (QED) is 0.720. The summed E-state index contributed by atoms with van der Waals surface area (Å²) in [6, 6.07) is 0. The average molecular weight is 269 g/mol. The van der Waals surface area contributed by atoms with Crippen LogP contribution in [0.15, 0.2) is 0 Å². The Kier molecular flexibility index (Phi) is 6.28. The van der Waals surface area contributed by atoms with Gasteiger partial charge in [-0.1, -0.05) is 13.8 Å². The van der Waals surface area contributed by atoms with Crippen LogP contribution in [0.25, 0.3) is 0 Å². The van der Waals surface area contributed by atoms with Crippen molar-refractivity contribution < 1.29 is 9.59 Å². The molecule has 1 saturated heterocycles. The van der Waals surface area contributed by atoms with Crippen molar-refractivity contribution in [3.63, 3.8) is 0 Å². The van der Waals surface area contributed by atoms with Crippen molar-refractivity contribution >= 4 is 11.8 Å². The molecule has 1 fully saturated rings. The molecule has 0 aromatic rings. The molecule has 1 rings (SSSR count). The molecule has 0 aromatic carbocycles. The van der Waals surface area contributed by atoms with Gasteiger partial charge in [-0.25, -0.2) is 0 Å². The van der Waals surface area contributed by atoms with Crippen molar-refractivity contribution in [3.8, 4) is 0 Å². The van der Waals surface area contributed by atoms with Gasteiger partial charge in [-0.2, -0.15) is 0 Å². The van der Waals surface area contributed by atoms with E-state index in [-0.39, 0.29) is 11.8 Å². The van der Waals surface area contributed by atoms with Crippen LogP contribution in [-0.4, -0.2) is 42.9 Å². The molecule has 2 amide bonds. The molecule has 19 heavy (non-hydrogen) atoms. The van der Waals surface area contributed by atoms with Gasteiger partial charge in [0, 0.05) is 32.6 Å². The lowest BCUT2D eigenvalue weighted by Gasteiger charge is -2.28. The van der Waals surface area contributed by atoms with E-state index in [1.807, 2.05) is 18.7 Å². The first kappa shape index (κ1) is 16.0. The molecule has 0 saturated carbocycles. The number of rotatable bonds is 7. The van der Waals surface area contributed by atoms with Crippen molar-refractivity contribution in [2.45, 2.75) is 46.0 Å². The van der Waals surface area contributed by atoms with E-state index >= 15 is 0 Å². The first-order chi connectivity index (χ1) is 9.09. The van der Waals surface area contributed by atoms with Gasteiger partial charge in [-0.05, 0) is 25.7 Å². The summed E-state index contributed by atoms with van der Waals surface area (Å²) in [5, 5.41) is 2.86. The van der Waals surface area contributed by atoms with Crippen molar-refractivity contribution in [3.05, 3.63) is 0 Å². The van der Waals surface area contributed by atoms with Gasteiger partial charge in [0.15, 0.2) is 0 Å². The zero-order valence-corrected chi connectivity index (χ0v) is 12.2. The Morgan fingerprint density at radius 1 is 1.21 bits per heavy atom. The summed E-state index contributed by atoms with van der Waals surface area (Å²) in [4.78, 5) is 25.9. The number of amides is 2. The molecular formula is C14H27N3O2. The maximum absolute atomic E-state index is 12.1. The lowest BCUT2D eigenvalue weighted by atomic mass is 9.81. The second-order valence-electron chi connectivity index (χ2n) is 5.29. The van der Waals surface area contributed by atoms with Crippen LogP contribution in [0, 0.1) is 5.41 Å². The van der Waals surface area contributed by atoms with Crippen LogP contribution in [0.2, 0.25) is 0 Å². The number of likely N-dealkylation sites (tertiary alicyclic amines) is 1. The van der Waals surface area contributed by atoms with Gasteiger partial charge in [0.1, 0.15) is 0 Å². The molecule has 5 heteroatoms. The minimum Gasteiger partial charge on any atom is -0.355 e. The fourth-order valence-electron chi connectivity index (χ4n) is 2.55. The fraction of sp³-hybridized carbons (Fsp3) is 0.857. The van der Waals surface area contributed by atoms with Crippen LogP contribution in [0.5, 0.6) is 0 Å². The molecule has 1 heterocycles. The van der Waals surface area contributed by atoms with E-state index in [2.05, 4.69) is 5.32 Å². The minimum absolute atomic E-state index is 0.0192. The first-order valence-corrected chi connectivity index (χ1v) is 7.35. The minimum atomic E-state index is -0.476. The summed E-state index contributed by atoms with van der Waals surface area (Å²) < 4.78 is 0. The van der Waals surface area contributed by atoms with Gasteiger partial charge in [0.05, 0.1) is 5.41 Å². The lowest BCUT2D eigenvalue weighted by molar-refractivity contribution is -0.132. The van der Waals surface area contributed by atoms with E-state index in [0.29, 0.717) is 19.5 Å². The Morgan fingerprint density at radius 3 is 2.26 bits per heavy atom. The monoisotopic (exact) mass is 269 g/mol. The van der Waals surface area contributed by atoms with Gasteiger partial charge >= 0.3 is 0 Å². The van der Waals surface area contributed by atoms with Crippen LogP contribution < -0.4 is 11.1 Å². The van der Waals surface area contributed by atoms with Gasteiger partial charge in [0.25, 0.3) is 0 Å². The fourth-order valence-corrected chi connectivity index (χ4v) is 2.55. The van der Waals surface area contributed by atoms with E-state index in [1.54, 1.807) is 0 Å². The van der Waals surface area contributed by atoms with Crippen LogP contribution in [0.4, 0.5) is 0 Å². The van der Waals surface area contributed by atoms with Crippen LogP contribution in [0.3, 0.4) is 0 Å². The van der Waals surface area contributed by atoms with Crippen LogP contribution >= 0.6 is 0 Å². The number of nitrogens with two attached hydrogens (primary N) is 1. The number of nitrogens with one attached hydrogen (secondary N) is 1. The molecule has 3 N–H and O–H groups in total. The summed E-state index contributed by atoms with van der Waals surface area (Å²) in [5.74, 6) is 0.123. The standard InChI is InChI=1S/C14H27N3O2/c1-3-14(4-2,11-15)13(19)16-8-7-12(18)17-9-5-6-10-17/h3-11,15H2,1-2H3,(H,16,19). The molecule has 1 aliphatic heterocycles. The Balaban J connectivity index is 2.35. The zero-order chi connectivity index (χ0) is 14.3. The molecule has 110 valence electrons. The van der Waals surface area contributed by atoms with Crippen molar-refractivity contribution in [2.75, 3.05) is 26.2 Å². The smallest absolute Gasteiger partial charge is 0.227 e. The summed E-state index contributed by atoms with van der Waals surface area (Å²) in [6.45, 7) is 6.45. The zero-order valence-electron chi connectivity index (χ0n) is 12.2. The maximum atomic E-state index is 12.1. The number of hydrogen-bond donors (Lipinski definition) is 2. The predicted molar refractivity (Wildman–Crippen MR) is 75.5 cm³/mol. The molecule has 0 atom stereocenters. The Hall–Kier alpha value is -1.10. The Morgan fingerprint density at radius 2 is 1.79 bits per heavy atom.